The van der Waals surface area contributed by atoms with Crippen LogP contribution in [0.1, 0.15) is 23.2 Å². The van der Waals surface area contributed by atoms with Gasteiger partial charge in [-0.3, -0.25) is 4.79 Å². The zero-order valence-corrected chi connectivity index (χ0v) is 13.1. The number of rotatable bonds is 6. The van der Waals surface area contributed by atoms with E-state index in [1.165, 1.54) is 11.5 Å². The molecular weight excluding hydrogens is 300 g/mol. The first-order chi connectivity index (χ1) is 9.19. The highest BCUT2D eigenvalue weighted by atomic mass is 32.2. The molecule has 19 heavy (non-hydrogen) atoms. The standard InChI is InChI=1S/C11H14N4OS3/c1-3-17-11-13-8(6-18-11)4-10(16)12-5-9-7(2)14-15-19-9/h6H,3-5H2,1-2H3,(H,12,16). The van der Waals surface area contributed by atoms with Crippen molar-refractivity contribution in [3.8, 4) is 0 Å². The van der Waals surface area contributed by atoms with Crippen molar-refractivity contribution in [1.29, 1.82) is 0 Å². The number of nitrogens with zero attached hydrogens (tertiary/aromatic N) is 3. The van der Waals surface area contributed by atoms with Crippen molar-refractivity contribution in [2.45, 2.75) is 31.2 Å². The summed E-state index contributed by atoms with van der Waals surface area (Å²) in [6.45, 7) is 4.46. The highest BCUT2D eigenvalue weighted by Crippen LogP contribution is 2.22. The summed E-state index contributed by atoms with van der Waals surface area (Å²) in [4.78, 5) is 17.2. The van der Waals surface area contributed by atoms with Crippen LogP contribution in [0.15, 0.2) is 9.72 Å². The van der Waals surface area contributed by atoms with Gasteiger partial charge in [-0.05, 0) is 24.2 Å². The number of thiazole rings is 1. The molecule has 0 saturated carbocycles. The Morgan fingerprint density at radius 3 is 3.05 bits per heavy atom. The Morgan fingerprint density at radius 2 is 2.37 bits per heavy atom. The molecule has 0 radical (unpaired) electrons. The van der Waals surface area contributed by atoms with Gasteiger partial charge in [0.15, 0.2) is 0 Å². The molecule has 0 atom stereocenters. The molecule has 5 nitrogen and oxygen atoms in total. The van der Waals surface area contributed by atoms with Crippen LogP contribution in [-0.4, -0.2) is 26.2 Å². The summed E-state index contributed by atoms with van der Waals surface area (Å²) in [6, 6.07) is 0. The molecule has 0 saturated heterocycles. The Balaban J connectivity index is 1.82. The first-order valence-electron chi connectivity index (χ1n) is 5.80. The molecule has 2 heterocycles. The lowest BCUT2D eigenvalue weighted by Crippen LogP contribution is -2.24. The van der Waals surface area contributed by atoms with Crippen LogP contribution >= 0.6 is 34.6 Å². The first-order valence-corrected chi connectivity index (χ1v) is 8.44. The molecule has 0 aliphatic heterocycles. The number of aromatic nitrogens is 3. The molecule has 2 rings (SSSR count). The van der Waals surface area contributed by atoms with Crippen LogP contribution in [0, 0.1) is 6.92 Å². The van der Waals surface area contributed by atoms with Gasteiger partial charge in [-0.15, -0.1) is 16.4 Å². The van der Waals surface area contributed by atoms with Crippen molar-refractivity contribution in [2.75, 3.05) is 5.75 Å². The molecule has 0 aliphatic rings. The van der Waals surface area contributed by atoms with Crippen LogP contribution in [0.5, 0.6) is 0 Å². The van der Waals surface area contributed by atoms with E-state index in [2.05, 4.69) is 26.8 Å². The molecule has 0 aliphatic carbocycles. The number of thioether (sulfide) groups is 1. The van der Waals surface area contributed by atoms with Crippen LogP contribution in [0.25, 0.3) is 0 Å². The number of hydrogen-bond donors (Lipinski definition) is 1. The van der Waals surface area contributed by atoms with Crippen molar-refractivity contribution < 1.29 is 4.79 Å². The summed E-state index contributed by atoms with van der Waals surface area (Å²) < 4.78 is 4.86. The minimum absolute atomic E-state index is 0.0221. The van der Waals surface area contributed by atoms with Gasteiger partial charge < -0.3 is 5.32 Å². The third-order valence-electron chi connectivity index (χ3n) is 2.33. The minimum atomic E-state index is -0.0221. The van der Waals surface area contributed by atoms with Crippen molar-refractivity contribution in [1.82, 2.24) is 19.9 Å². The molecule has 1 N–H and O–H groups in total. The quantitative estimate of drug-likeness (QED) is 0.829. The van der Waals surface area contributed by atoms with E-state index in [1.807, 2.05) is 12.3 Å². The maximum atomic E-state index is 11.8. The maximum Gasteiger partial charge on any atom is 0.226 e. The largest absolute Gasteiger partial charge is 0.351 e. The highest BCUT2D eigenvalue weighted by molar-refractivity contribution is 8.00. The summed E-state index contributed by atoms with van der Waals surface area (Å²) in [6.07, 6.45) is 0.325. The zero-order chi connectivity index (χ0) is 13.7. The second-order valence-corrected chi connectivity index (χ2v) is 6.98. The second-order valence-electron chi connectivity index (χ2n) is 3.77. The van der Waals surface area contributed by atoms with E-state index in [1.54, 1.807) is 23.1 Å². The molecule has 0 spiro atoms. The van der Waals surface area contributed by atoms with E-state index in [4.69, 9.17) is 0 Å². The fraction of sp³-hybridized carbons (Fsp3) is 0.455. The van der Waals surface area contributed by atoms with E-state index < -0.39 is 0 Å². The number of carbonyl (C=O) groups excluding carboxylic acids is 1. The van der Waals surface area contributed by atoms with Gasteiger partial charge in [0, 0.05) is 5.38 Å². The van der Waals surface area contributed by atoms with Gasteiger partial charge >= 0.3 is 0 Å². The monoisotopic (exact) mass is 314 g/mol. The van der Waals surface area contributed by atoms with Crippen molar-refractivity contribution in [2.24, 2.45) is 0 Å². The highest BCUT2D eigenvalue weighted by Gasteiger charge is 2.09. The topological polar surface area (TPSA) is 67.8 Å². The number of amides is 1. The predicted octanol–water partition coefficient (Wildman–Crippen LogP) is 2.27. The second kappa shape index (κ2) is 6.97. The van der Waals surface area contributed by atoms with Gasteiger partial charge in [0.25, 0.3) is 0 Å². The van der Waals surface area contributed by atoms with E-state index in [9.17, 15) is 4.79 Å². The van der Waals surface area contributed by atoms with Crippen LogP contribution in [0.4, 0.5) is 0 Å². The molecule has 0 fully saturated rings. The zero-order valence-electron chi connectivity index (χ0n) is 10.7. The van der Waals surface area contributed by atoms with Gasteiger partial charge in [-0.25, -0.2) is 4.98 Å². The van der Waals surface area contributed by atoms with E-state index in [0.29, 0.717) is 13.0 Å². The summed E-state index contributed by atoms with van der Waals surface area (Å²) >= 11 is 4.60. The van der Waals surface area contributed by atoms with Crippen molar-refractivity contribution >= 4 is 40.5 Å². The fourth-order valence-electron chi connectivity index (χ4n) is 1.38. The van der Waals surface area contributed by atoms with Crippen LogP contribution in [0.2, 0.25) is 0 Å². The Bertz CT molecular complexity index is 552. The minimum Gasteiger partial charge on any atom is -0.351 e. The fourth-order valence-corrected chi connectivity index (χ4v) is 3.69. The van der Waals surface area contributed by atoms with Crippen LogP contribution in [0.3, 0.4) is 0 Å². The van der Waals surface area contributed by atoms with Gasteiger partial charge in [0.05, 0.1) is 29.2 Å². The third-order valence-corrected chi connectivity index (χ3v) is 5.11. The van der Waals surface area contributed by atoms with E-state index >= 15 is 0 Å². The average molecular weight is 314 g/mol. The van der Waals surface area contributed by atoms with E-state index in [0.717, 1.165) is 26.4 Å². The molecule has 0 aromatic carbocycles. The molecule has 102 valence electrons. The molecule has 0 bridgehead atoms. The molecule has 2 aromatic rings. The SMILES string of the molecule is CCSc1nc(CC(=O)NCc2snnc2C)cs1. The summed E-state index contributed by atoms with van der Waals surface area (Å²) in [5, 5.41) is 8.71. The van der Waals surface area contributed by atoms with Gasteiger partial charge in [-0.2, -0.15) is 0 Å². The normalized spacial score (nSPS) is 10.6. The molecule has 0 unspecified atom stereocenters. The van der Waals surface area contributed by atoms with Crippen LogP contribution < -0.4 is 5.32 Å². The van der Waals surface area contributed by atoms with Crippen LogP contribution in [-0.2, 0) is 17.8 Å². The van der Waals surface area contributed by atoms with Gasteiger partial charge in [0.2, 0.25) is 5.91 Å². The number of nitrogens with one attached hydrogen (secondary N) is 1. The smallest absolute Gasteiger partial charge is 0.226 e. The predicted molar refractivity (Wildman–Crippen MR) is 78.7 cm³/mol. The summed E-state index contributed by atoms with van der Waals surface area (Å²) in [7, 11) is 0. The molecule has 1 amide bonds. The third kappa shape index (κ3) is 4.26. The van der Waals surface area contributed by atoms with Gasteiger partial charge in [0.1, 0.15) is 4.34 Å². The molecular formula is C11H14N4OS3. The molecule has 8 heteroatoms. The van der Waals surface area contributed by atoms with E-state index in [-0.39, 0.29) is 5.91 Å². The van der Waals surface area contributed by atoms with Gasteiger partial charge in [-0.1, -0.05) is 23.2 Å². The number of carbonyl (C=O) groups is 1. The lowest BCUT2D eigenvalue weighted by Gasteiger charge is -2.01. The Hall–Kier alpha value is -0.990. The Kier molecular flexibility index (Phi) is 5.29. The lowest BCUT2D eigenvalue weighted by atomic mass is 10.3. The summed E-state index contributed by atoms with van der Waals surface area (Å²) in [5.74, 6) is 0.975. The van der Waals surface area contributed by atoms with Crippen molar-refractivity contribution in [3.05, 3.63) is 21.6 Å². The molecule has 2 aromatic heterocycles. The maximum absolute atomic E-state index is 11.8. The van der Waals surface area contributed by atoms with Crippen molar-refractivity contribution in [3.63, 3.8) is 0 Å². The first kappa shape index (κ1) is 14.4. The Labute approximate surface area is 124 Å². The number of hydrogen-bond acceptors (Lipinski definition) is 7. The lowest BCUT2D eigenvalue weighted by molar-refractivity contribution is -0.120. The average Bonchev–Trinajstić information content (AvgIpc) is 2.97. The number of aryl methyl sites for hydroxylation is 1. The summed E-state index contributed by atoms with van der Waals surface area (Å²) in [5.41, 5.74) is 1.71. The Morgan fingerprint density at radius 1 is 1.53 bits per heavy atom.